The highest BCUT2D eigenvalue weighted by molar-refractivity contribution is 8.76. The van der Waals surface area contributed by atoms with Crippen LogP contribution in [-0.4, -0.2) is 38.0 Å². The number of rotatable bonds is 14. The van der Waals surface area contributed by atoms with Crippen molar-refractivity contribution in [3.8, 4) is 11.5 Å². The first-order valence-corrected chi connectivity index (χ1v) is 20.6. The topological polar surface area (TPSA) is 36.3 Å². The largest absolute Gasteiger partial charge is 0.497 e. The number of hydrogen-bond donors (Lipinski definition) is 1. The number of nitrogens with zero attached hydrogens (tertiary/aromatic N) is 1. The van der Waals surface area contributed by atoms with Crippen molar-refractivity contribution >= 4 is 78.0 Å². The molecule has 5 aromatic carbocycles. The molecule has 268 valence electrons. The van der Waals surface area contributed by atoms with Crippen LogP contribution < -0.4 is 19.0 Å². The third-order valence-electron chi connectivity index (χ3n) is 9.47. The molecule has 4 nitrogen and oxygen atoms in total. The maximum Gasteiger partial charge on any atom is 0.213 e. The van der Waals surface area contributed by atoms with Crippen LogP contribution in [0.1, 0.15) is 16.7 Å². The van der Waals surface area contributed by atoms with Gasteiger partial charge in [0.15, 0.2) is 19.3 Å². The SMILES string of the molecule is C=CC(/C=C/c1ccc2cc(OC)ccc2c1)=C1/C=CC=CC1=[NH+]CCSSCC[n+]1ccc(/C=C/c2ccc3cc(OC)ccc3c2)c2ccccc21. The second-order valence-corrected chi connectivity index (χ2v) is 15.6. The molecule has 0 unspecified atom stereocenters. The third kappa shape index (κ3) is 8.96. The molecule has 1 aromatic heterocycles. The fourth-order valence-electron chi connectivity index (χ4n) is 6.60. The van der Waals surface area contributed by atoms with Crippen LogP contribution in [0.2, 0.25) is 0 Å². The second-order valence-electron chi connectivity index (χ2n) is 12.9. The number of pyridine rings is 1. The van der Waals surface area contributed by atoms with Gasteiger partial charge in [0.1, 0.15) is 11.5 Å². The summed E-state index contributed by atoms with van der Waals surface area (Å²) >= 11 is 0. The molecule has 7 rings (SSSR count). The molecule has 0 aliphatic heterocycles. The molecule has 1 aliphatic carbocycles. The van der Waals surface area contributed by atoms with E-state index in [4.69, 9.17) is 9.47 Å². The number of hydrogen-bond acceptors (Lipinski definition) is 4. The first kappa shape index (κ1) is 36.8. The molecular weight excluding hydrogens is 701 g/mol. The summed E-state index contributed by atoms with van der Waals surface area (Å²) in [6.45, 7) is 5.95. The Morgan fingerprint density at radius 1 is 0.704 bits per heavy atom. The van der Waals surface area contributed by atoms with Crippen molar-refractivity contribution in [3.63, 3.8) is 0 Å². The lowest BCUT2D eigenvalue weighted by atomic mass is 9.97. The number of fused-ring (bicyclic) bond motifs is 3. The van der Waals surface area contributed by atoms with Gasteiger partial charge in [-0.2, -0.15) is 4.57 Å². The van der Waals surface area contributed by atoms with Crippen LogP contribution in [0.3, 0.4) is 0 Å². The molecule has 0 atom stereocenters. The van der Waals surface area contributed by atoms with Gasteiger partial charge < -0.3 is 9.47 Å². The zero-order valence-electron chi connectivity index (χ0n) is 30.7. The summed E-state index contributed by atoms with van der Waals surface area (Å²) in [7, 11) is 7.24. The number of ether oxygens (including phenoxy) is 2. The number of nitrogens with one attached hydrogen (secondary N) is 1. The minimum atomic E-state index is 0.869. The van der Waals surface area contributed by atoms with Crippen molar-refractivity contribution in [2.45, 2.75) is 6.54 Å². The summed E-state index contributed by atoms with van der Waals surface area (Å²) in [4.78, 5) is 3.67. The molecule has 0 spiro atoms. The van der Waals surface area contributed by atoms with Gasteiger partial charge in [-0.1, -0.05) is 119 Å². The zero-order chi connectivity index (χ0) is 37.1. The maximum atomic E-state index is 5.38. The summed E-state index contributed by atoms with van der Waals surface area (Å²) in [6, 6.07) is 36.3. The van der Waals surface area contributed by atoms with E-state index in [-0.39, 0.29) is 0 Å². The summed E-state index contributed by atoms with van der Waals surface area (Å²) < 4.78 is 13.1. The molecule has 0 saturated carbocycles. The first-order valence-electron chi connectivity index (χ1n) is 18.1. The maximum absolute atomic E-state index is 5.38. The number of para-hydroxylation sites is 1. The molecule has 1 heterocycles. The summed E-state index contributed by atoms with van der Waals surface area (Å²) in [5.41, 5.74) is 8.12. The number of allylic oxidation sites excluding steroid dienone is 8. The Kier molecular flexibility index (Phi) is 12.2. The van der Waals surface area contributed by atoms with Gasteiger partial charge in [0.05, 0.1) is 36.7 Å². The highest BCUT2D eigenvalue weighted by Gasteiger charge is 2.14. The minimum absolute atomic E-state index is 0.869. The molecular formula is C48H44N2O2S2+2. The minimum Gasteiger partial charge on any atom is -0.497 e. The van der Waals surface area contributed by atoms with Gasteiger partial charge >= 0.3 is 0 Å². The van der Waals surface area contributed by atoms with Crippen molar-refractivity contribution in [3.05, 3.63) is 180 Å². The molecule has 54 heavy (non-hydrogen) atoms. The first-order chi connectivity index (χ1) is 26.6. The lowest BCUT2D eigenvalue weighted by Crippen LogP contribution is -2.74. The van der Waals surface area contributed by atoms with Crippen LogP contribution in [0.4, 0.5) is 0 Å². The van der Waals surface area contributed by atoms with Gasteiger partial charge in [-0.15, -0.1) is 0 Å². The number of aromatic nitrogens is 1. The average molecular weight is 745 g/mol. The van der Waals surface area contributed by atoms with E-state index in [1.54, 1.807) is 14.2 Å². The molecule has 1 aliphatic rings. The van der Waals surface area contributed by atoms with E-state index in [1.165, 1.54) is 38.2 Å². The van der Waals surface area contributed by atoms with Crippen molar-refractivity contribution in [2.75, 3.05) is 32.3 Å². The Labute approximate surface area is 326 Å². The van der Waals surface area contributed by atoms with E-state index in [0.29, 0.717) is 0 Å². The van der Waals surface area contributed by atoms with Gasteiger partial charge in [0, 0.05) is 18.2 Å². The van der Waals surface area contributed by atoms with Crippen molar-refractivity contribution in [2.24, 2.45) is 0 Å². The third-order valence-corrected chi connectivity index (χ3v) is 11.9. The number of methoxy groups -OCH3 is 2. The normalized spacial score (nSPS) is 14.6. The van der Waals surface area contributed by atoms with Gasteiger partial charge in [-0.25, -0.2) is 4.99 Å². The molecule has 0 bridgehead atoms. The van der Waals surface area contributed by atoms with Gasteiger partial charge in [-0.05, 0) is 92.3 Å². The van der Waals surface area contributed by atoms with Crippen LogP contribution in [0.5, 0.6) is 11.5 Å². The lowest BCUT2D eigenvalue weighted by Gasteiger charge is -2.07. The summed E-state index contributed by atoms with van der Waals surface area (Å²) in [5.74, 6) is 3.77. The highest BCUT2D eigenvalue weighted by atomic mass is 33.1. The monoisotopic (exact) mass is 744 g/mol. The fraction of sp³-hybridized carbons (Fsp3) is 0.125. The smallest absolute Gasteiger partial charge is 0.213 e. The fourth-order valence-corrected chi connectivity index (χ4v) is 8.48. The Hall–Kier alpha value is -5.56. The van der Waals surface area contributed by atoms with Crippen LogP contribution in [-0.2, 0) is 6.54 Å². The predicted molar refractivity (Wildman–Crippen MR) is 234 cm³/mol. The van der Waals surface area contributed by atoms with E-state index in [1.807, 2.05) is 39.8 Å². The summed E-state index contributed by atoms with van der Waals surface area (Å²) in [6.07, 6.45) is 21.3. The lowest BCUT2D eigenvalue weighted by molar-refractivity contribution is -0.666. The van der Waals surface area contributed by atoms with E-state index in [2.05, 4.69) is 162 Å². The Morgan fingerprint density at radius 2 is 1.35 bits per heavy atom. The molecule has 0 saturated heterocycles. The van der Waals surface area contributed by atoms with Gasteiger partial charge in [0.2, 0.25) is 11.2 Å². The predicted octanol–water partition coefficient (Wildman–Crippen LogP) is 9.85. The van der Waals surface area contributed by atoms with E-state index in [9.17, 15) is 0 Å². The molecule has 6 aromatic rings. The van der Waals surface area contributed by atoms with E-state index >= 15 is 0 Å². The zero-order valence-corrected chi connectivity index (χ0v) is 32.3. The number of benzene rings is 5. The van der Waals surface area contributed by atoms with Gasteiger partial charge in [-0.3, -0.25) is 0 Å². The van der Waals surface area contributed by atoms with Crippen LogP contribution >= 0.6 is 21.6 Å². The van der Waals surface area contributed by atoms with Crippen LogP contribution in [0, 0.1) is 0 Å². The Bertz CT molecular complexity index is 2510. The van der Waals surface area contributed by atoms with Crippen molar-refractivity contribution in [1.82, 2.24) is 0 Å². The van der Waals surface area contributed by atoms with E-state index in [0.717, 1.165) is 63.9 Å². The Balaban J connectivity index is 0.936. The van der Waals surface area contributed by atoms with Crippen LogP contribution in [0.25, 0.3) is 50.7 Å². The van der Waals surface area contributed by atoms with Crippen molar-refractivity contribution in [1.29, 1.82) is 0 Å². The standard InChI is InChI=1S/C48H43N2O2S2/c1-4-37(17-13-35-15-19-41-33-43(51-2)23-21-39(41)31-35)45-9-5-7-11-47(45)49-26-29-53-54-30-28-50-27-25-38(46-10-6-8-12-48(46)50)18-14-36-16-20-42-34-44(52-3)24-22-40(42)32-36/h4-25,27,31-34H,1,26,28-30H2,2-3H3/q+1/p+1/b17-13+,18-14+,45-37+,49-47?. The van der Waals surface area contributed by atoms with Crippen LogP contribution in [0.15, 0.2) is 164 Å². The molecule has 6 heteroatoms. The van der Waals surface area contributed by atoms with Crippen molar-refractivity contribution < 1.29 is 19.0 Å². The number of aryl methyl sites for hydroxylation is 1. The second kappa shape index (κ2) is 18.0. The molecule has 0 amide bonds. The summed E-state index contributed by atoms with van der Waals surface area (Å²) in [5, 5.41) is 5.98. The average Bonchev–Trinajstić information content (AvgIpc) is 3.22. The molecule has 1 N–H and O–H groups in total. The molecule has 0 radical (unpaired) electrons. The Morgan fingerprint density at radius 3 is 2.07 bits per heavy atom. The quantitative estimate of drug-likeness (QED) is 0.0685. The van der Waals surface area contributed by atoms with E-state index < -0.39 is 0 Å². The highest BCUT2D eigenvalue weighted by Crippen LogP contribution is 2.26. The molecule has 0 fully saturated rings. The van der Waals surface area contributed by atoms with Gasteiger partial charge in [0.25, 0.3) is 0 Å².